The molecule has 0 spiro atoms. The second kappa shape index (κ2) is 9.60. The molecule has 0 N–H and O–H groups in total. The van der Waals surface area contributed by atoms with Gasteiger partial charge in [-0.1, -0.05) is 12.1 Å². The third-order valence-corrected chi connectivity index (χ3v) is 8.86. The van der Waals surface area contributed by atoms with Crippen LogP contribution in [0.15, 0.2) is 30.3 Å². The van der Waals surface area contributed by atoms with Gasteiger partial charge in [-0.25, -0.2) is 4.79 Å². The van der Waals surface area contributed by atoms with E-state index in [9.17, 15) is 19.6 Å². The van der Waals surface area contributed by atoms with E-state index in [4.69, 9.17) is 4.74 Å². The molecule has 1 saturated carbocycles. The van der Waals surface area contributed by atoms with Crippen molar-refractivity contribution in [3.8, 4) is 16.5 Å². The van der Waals surface area contributed by atoms with Crippen molar-refractivity contribution in [2.45, 2.75) is 77.0 Å². The lowest BCUT2D eigenvalue weighted by Crippen LogP contribution is -2.51. The largest absolute Gasteiger partial charge is 0.444 e. The molecule has 194 valence electrons. The summed E-state index contributed by atoms with van der Waals surface area (Å²) < 4.78 is 5.62. The van der Waals surface area contributed by atoms with E-state index in [1.165, 1.54) is 0 Å². The number of carbonyl (C=O) groups is 3. The second-order valence-electron chi connectivity index (χ2n) is 11.5. The van der Waals surface area contributed by atoms with E-state index in [0.717, 1.165) is 45.8 Å². The highest BCUT2D eigenvalue weighted by atomic mass is 32.1. The van der Waals surface area contributed by atoms with E-state index in [1.807, 2.05) is 51.1 Å². The Labute approximate surface area is 222 Å². The van der Waals surface area contributed by atoms with Gasteiger partial charge < -0.3 is 9.64 Å². The first kappa shape index (κ1) is 25.5. The van der Waals surface area contributed by atoms with Gasteiger partial charge in [0, 0.05) is 35.0 Å². The van der Waals surface area contributed by atoms with E-state index in [0.29, 0.717) is 12.8 Å². The molecule has 1 aromatic carbocycles. The first-order valence-corrected chi connectivity index (χ1v) is 13.8. The number of thiophene rings is 1. The van der Waals surface area contributed by atoms with Crippen LogP contribution < -0.4 is 4.90 Å². The molecule has 1 aromatic heterocycles. The van der Waals surface area contributed by atoms with Gasteiger partial charge in [-0.05, 0) is 81.7 Å². The standard InChI is InChI=1S/C29H33N3O4S/c1-29(2,3)36-28(35)32-21-8-7-20(13-21)27(32)24(33)12-17(16-30)11-22-9-10-25(37-22)19-6-5-18-15-26(34)31(4)23(18)14-19/h5-6,9-10,14,17,20-21,27H,7-8,11-13,15H2,1-4H3/t17-,20+,21-,27+/m1/s1. The number of hydrogen-bond donors (Lipinski definition) is 0. The Hall–Kier alpha value is -3.18. The number of ketones is 1. The first-order valence-electron chi connectivity index (χ1n) is 13.0. The van der Waals surface area contributed by atoms with Crippen LogP contribution in [0.25, 0.3) is 10.4 Å². The summed E-state index contributed by atoms with van der Waals surface area (Å²) in [5, 5.41) is 9.88. The Morgan fingerprint density at radius 2 is 2.00 bits per heavy atom. The monoisotopic (exact) mass is 519 g/mol. The van der Waals surface area contributed by atoms with Crippen molar-refractivity contribution in [1.82, 2.24) is 4.90 Å². The van der Waals surface area contributed by atoms with Crippen molar-refractivity contribution in [2.24, 2.45) is 11.8 Å². The zero-order chi connectivity index (χ0) is 26.5. The molecule has 0 unspecified atom stereocenters. The van der Waals surface area contributed by atoms with Gasteiger partial charge in [0.05, 0.1) is 24.4 Å². The van der Waals surface area contributed by atoms with Crippen molar-refractivity contribution in [3.63, 3.8) is 0 Å². The summed E-state index contributed by atoms with van der Waals surface area (Å²) in [5.41, 5.74) is 2.40. The highest BCUT2D eigenvalue weighted by Gasteiger charge is 2.52. The Morgan fingerprint density at radius 3 is 2.73 bits per heavy atom. The van der Waals surface area contributed by atoms with Gasteiger partial charge in [0.25, 0.3) is 0 Å². The van der Waals surface area contributed by atoms with Gasteiger partial charge in [0.2, 0.25) is 5.91 Å². The molecular formula is C29H33N3O4S. The number of rotatable bonds is 6. The minimum absolute atomic E-state index is 0.0345. The maximum atomic E-state index is 13.4. The quantitative estimate of drug-likeness (QED) is 0.512. The molecule has 3 heterocycles. The predicted molar refractivity (Wildman–Crippen MR) is 142 cm³/mol. The number of likely N-dealkylation sites (N-methyl/N-ethyl adjacent to an activating group) is 1. The number of nitrogens with zero attached hydrogens (tertiary/aromatic N) is 3. The average molecular weight is 520 g/mol. The van der Waals surface area contributed by atoms with Crippen molar-refractivity contribution in [1.29, 1.82) is 5.26 Å². The zero-order valence-electron chi connectivity index (χ0n) is 21.8. The van der Waals surface area contributed by atoms with Crippen LogP contribution in [-0.2, 0) is 27.2 Å². The number of nitriles is 1. The van der Waals surface area contributed by atoms with E-state index >= 15 is 0 Å². The van der Waals surface area contributed by atoms with Crippen LogP contribution in [0.2, 0.25) is 0 Å². The third kappa shape index (κ3) is 5.02. The normalized spacial score (nSPS) is 23.2. The lowest BCUT2D eigenvalue weighted by Gasteiger charge is -2.35. The minimum Gasteiger partial charge on any atom is -0.444 e. The van der Waals surface area contributed by atoms with Crippen LogP contribution in [0.4, 0.5) is 10.5 Å². The van der Waals surface area contributed by atoms with Crippen LogP contribution in [0.1, 0.15) is 56.9 Å². The maximum absolute atomic E-state index is 13.4. The fourth-order valence-corrected chi connectivity index (χ4v) is 7.07. The lowest BCUT2D eigenvalue weighted by atomic mass is 9.89. The van der Waals surface area contributed by atoms with Crippen LogP contribution in [-0.4, -0.2) is 47.4 Å². The molecule has 2 fully saturated rings. The summed E-state index contributed by atoms with van der Waals surface area (Å²) in [6, 6.07) is 12.0. The van der Waals surface area contributed by atoms with Gasteiger partial charge in [-0.3, -0.25) is 14.5 Å². The van der Waals surface area contributed by atoms with Crippen LogP contribution in [0.3, 0.4) is 0 Å². The summed E-state index contributed by atoms with van der Waals surface area (Å²) in [5.74, 6) is -0.237. The van der Waals surface area contributed by atoms with Gasteiger partial charge in [0.15, 0.2) is 5.78 Å². The summed E-state index contributed by atoms with van der Waals surface area (Å²) in [7, 11) is 1.80. The summed E-state index contributed by atoms with van der Waals surface area (Å²) in [4.78, 5) is 43.8. The lowest BCUT2D eigenvalue weighted by molar-refractivity contribution is -0.126. The zero-order valence-corrected chi connectivity index (χ0v) is 22.6. The summed E-state index contributed by atoms with van der Waals surface area (Å²) in [6.45, 7) is 5.49. The number of carbonyl (C=O) groups excluding carboxylic acids is 3. The number of amides is 2. The molecule has 8 heteroatoms. The highest BCUT2D eigenvalue weighted by Crippen LogP contribution is 2.44. The number of anilines is 1. The van der Waals surface area contributed by atoms with Crippen LogP contribution in [0.5, 0.6) is 0 Å². The van der Waals surface area contributed by atoms with E-state index in [1.54, 1.807) is 28.2 Å². The molecule has 37 heavy (non-hydrogen) atoms. The van der Waals surface area contributed by atoms with Crippen LogP contribution >= 0.6 is 11.3 Å². The molecule has 2 amide bonds. The van der Waals surface area contributed by atoms with Gasteiger partial charge >= 0.3 is 6.09 Å². The third-order valence-electron chi connectivity index (χ3n) is 7.71. The number of Topliss-reactive ketones (excluding diaryl/α,β-unsaturated/α-hetero) is 1. The molecule has 3 aliphatic rings. The highest BCUT2D eigenvalue weighted by molar-refractivity contribution is 7.15. The van der Waals surface area contributed by atoms with Crippen molar-refractivity contribution >= 4 is 34.8 Å². The number of fused-ring (bicyclic) bond motifs is 3. The Morgan fingerprint density at radius 1 is 1.22 bits per heavy atom. The van der Waals surface area contributed by atoms with Gasteiger partial charge in [-0.2, -0.15) is 5.26 Å². The summed E-state index contributed by atoms with van der Waals surface area (Å²) in [6.07, 6.45) is 3.31. The minimum atomic E-state index is -0.623. The smallest absolute Gasteiger partial charge is 0.411 e. The van der Waals surface area contributed by atoms with Gasteiger partial charge in [-0.15, -0.1) is 11.3 Å². The molecular weight excluding hydrogens is 486 g/mol. The van der Waals surface area contributed by atoms with E-state index in [2.05, 4.69) is 6.07 Å². The first-order chi connectivity index (χ1) is 17.5. The SMILES string of the molecule is CN1C(=O)Cc2ccc(-c3ccc(C[C@@H](C#N)CC(=O)[C@@H]4[C@H]5CC[C@H](C5)N4C(=O)OC(C)(C)C)s3)cc21. The molecule has 5 rings (SSSR count). The topological polar surface area (TPSA) is 90.7 Å². The van der Waals surface area contributed by atoms with Crippen molar-refractivity contribution < 1.29 is 19.1 Å². The van der Waals surface area contributed by atoms with Gasteiger partial charge in [0.1, 0.15) is 5.60 Å². The number of hydrogen-bond acceptors (Lipinski definition) is 6. The molecule has 2 bridgehead atoms. The molecule has 7 nitrogen and oxygen atoms in total. The van der Waals surface area contributed by atoms with Crippen LogP contribution in [0, 0.1) is 23.2 Å². The second-order valence-corrected chi connectivity index (χ2v) is 12.7. The van der Waals surface area contributed by atoms with Crippen molar-refractivity contribution in [2.75, 3.05) is 11.9 Å². The summed E-state index contributed by atoms with van der Waals surface area (Å²) >= 11 is 1.61. The average Bonchev–Trinajstić information content (AvgIpc) is 3.62. The molecule has 1 aliphatic carbocycles. The molecule has 2 aromatic rings. The molecule has 0 radical (unpaired) electrons. The Bertz CT molecular complexity index is 1290. The fraction of sp³-hybridized carbons (Fsp3) is 0.517. The molecule has 2 aliphatic heterocycles. The van der Waals surface area contributed by atoms with E-state index in [-0.39, 0.29) is 30.1 Å². The van der Waals surface area contributed by atoms with E-state index < -0.39 is 23.7 Å². The predicted octanol–water partition coefficient (Wildman–Crippen LogP) is 5.36. The maximum Gasteiger partial charge on any atom is 0.411 e. The number of ether oxygens (including phenoxy) is 1. The number of piperidine rings is 1. The van der Waals surface area contributed by atoms with Crippen molar-refractivity contribution in [3.05, 3.63) is 40.8 Å². The molecule has 1 saturated heterocycles. The fourth-order valence-electron chi connectivity index (χ4n) is 5.99. The molecule has 4 atom stereocenters. The number of benzene rings is 1. The Kier molecular flexibility index (Phi) is 6.61. The number of likely N-dealkylation sites (tertiary alicyclic amines) is 1. The Balaban J connectivity index is 1.26.